The molecular weight excluding hydrogens is 278 g/mol. The fourth-order valence-corrected chi connectivity index (χ4v) is 2.50. The van der Waals surface area contributed by atoms with Gasteiger partial charge in [0.25, 0.3) is 0 Å². The normalized spacial score (nSPS) is 12.2. The van der Waals surface area contributed by atoms with Crippen molar-refractivity contribution in [3.8, 4) is 11.5 Å². The van der Waals surface area contributed by atoms with Crippen LogP contribution in [0.15, 0.2) is 24.4 Å². The summed E-state index contributed by atoms with van der Waals surface area (Å²) in [6.07, 6.45) is 2.24. The summed E-state index contributed by atoms with van der Waals surface area (Å²) in [4.78, 5) is 0. The molecule has 6 heteroatoms. The van der Waals surface area contributed by atoms with E-state index in [0.29, 0.717) is 22.9 Å². The maximum atomic E-state index is 6.22. The third-order valence-electron chi connectivity index (χ3n) is 3.19. The molecule has 5 nitrogen and oxygen atoms in total. The van der Waals surface area contributed by atoms with E-state index in [1.807, 2.05) is 25.2 Å². The number of hydrogen-bond donors (Lipinski definition) is 1. The lowest BCUT2D eigenvalue weighted by atomic mass is 10.0. The fraction of sp³-hybridized carbons (Fsp3) is 0.357. The number of rotatable bonds is 5. The molecule has 0 bridgehead atoms. The van der Waals surface area contributed by atoms with E-state index in [4.69, 9.17) is 26.8 Å². The third kappa shape index (κ3) is 2.89. The van der Waals surface area contributed by atoms with E-state index in [1.165, 1.54) is 0 Å². The maximum Gasteiger partial charge on any atom is 0.160 e. The Kier molecular flexibility index (Phi) is 4.52. The summed E-state index contributed by atoms with van der Waals surface area (Å²) in [5.41, 5.74) is 8.09. The molecule has 2 rings (SSSR count). The molecule has 0 aliphatic carbocycles. The van der Waals surface area contributed by atoms with Crippen LogP contribution in [0.3, 0.4) is 0 Å². The van der Waals surface area contributed by atoms with Crippen LogP contribution in [0.1, 0.15) is 17.3 Å². The predicted molar refractivity (Wildman–Crippen MR) is 78.4 cm³/mol. The highest BCUT2D eigenvalue weighted by Gasteiger charge is 2.16. The maximum absolute atomic E-state index is 6.22. The Balaban J connectivity index is 2.22. The van der Waals surface area contributed by atoms with Gasteiger partial charge >= 0.3 is 0 Å². The number of aromatic nitrogens is 2. The summed E-state index contributed by atoms with van der Waals surface area (Å²) in [6, 6.07) is 5.52. The zero-order chi connectivity index (χ0) is 14.7. The number of aryl methyl sites for hydroxylation is 1. The first-order chi connectivity index (χ1) is 9.56. The molecule has 0 radical (unpaired) electrons. The van der Waals surface area contributed by atoms with E-state index >= 15 is 0 Å². The highest BCUT2D eigenvalue weighted by atomic mass is 35.5. The molecule has 1 unspecified atom stereocenters. The Morgan fingerprint density at radius 3 is 2.55 bits per heavy atom. The smallest absolute Gasteiger partial charge is 0.160 e. The molecule has 0 saturated heterocycles. The average molecular weight is 296 g/mol. The zero-order valence-corrected chi connectivity index (χ0v) is 12.5. The second-order valence-electron chi connectivity index (χ2n) is 4.50. The van der Waals surface area contributed by atoms with Gasteiger partial charge in [-0.15, -0.1) is 0 Å². The Labute approximate surface area is 123 Å². The van der Waals surface area contributed by atoms with Crippen LogP contribution in [0.5, 0.6) is 11.5 Å². The van der Waals surface area contributed by atoms with E-state index in [-0.39, 0.29) is 6.04 Å². The highest BCUT2D eigenvalue weighted by molar-refractivity contribution is 6.31. The van der Waals surface area contributed by atoms with Crippen LogP contribution in [0, 0.1) is 0 Å². The molecule has 0 aliphatic rings. The lowest BCUT2D eigenvalue weighted by Gasteiger charge is -2.14. The van der Waals surface area contributed by atoms with Crippen molar-refractivity contribution in [3.63, 3.8) is 0 Å². The van der Waals surface area contributed by atoms with Crippen molar-refractivity contribution in [1.82, 2.24) is 9.78 Å². The summed E-state index contributed by atoms with van der Waals surface area (Å²) in [7, 11) is 5.05. The Hall–Kier alpha value is -1.72. The first-order valence-corrected chi connectivity index (χ1v) is 6.58. The van der Waals surface area contributed by atoms with Gasteiger partial charge in [0.1, 0.15) is 0 Å². The van der Waals surface area contributed by atoms with E-state index in [2.05, 4.69) is 5.10 Å². The van der Waals surface area contributed by atoms with Crippen LogP contribution in [0.2, 0.25) is 5.02 Å². The predicted octanol–water partition coefficient (Wildman–Crippen LogP) is 2.33. The van der Waals surface area contributed by atoms with Crippen LogP contribution in [0.25, 0.3) is 0 Å². The number of methoxy groups -OCH3 is 2. The molecule has 2 aromatic rings. The summed E-state index contributed by atoms with van der Waals surface area (Å²) >= 11 is 6.10. The van der Waals surface area contributed by atoms with Gasteiger partial charge in [-0.3, -0.25) is 4.68 Å². The Morgan fingerprint density at radius 1 is 1.30 bits per heavy atom. The minimum Gasteiger partial charge on any atom is -0.493 e. The number of hydrogen-bond acceptors (Lipinski definition) is 4. The number of nitrogens with zero attached hydrogens (tertiary/aromatic N) is 2. The van der Waals surface area contributed by atoms with Crippen molar-refractivity contribution in [1.29, 1.82) is 0 Å². The number of benzene rings is 1. The van der Waals surface area contributed by atoms with Gasteiger partial charge in [-0.1, -0.05) is 17.7 Å². The van der Waals surface area contributed by atoms with Crippen LogP contribution in [-0.2, 0) is 13.5 Å². The molecule has 0 amide bonds. The van der Waals surface area contributed by atoms with Crippen molar-refractivity contribution in [2.45, 2.75) is 12.5 Å². The standard InChI is InChI=1S/C14H18ClN3O2/c1-18-14(10(15)8-17-18)11(16)6-9-4-5-12(19-2)13(7-9)20-3/h4-5,7-8,11H,6,16H2,1-3H3. The van der Waals surface area contributed by atoms with Gasteiger partial charge in [0, 0.05) is 7.05 Å². The second-order valence-corrected chi connectivity index (χ2v) is 4.91. The largest absolute Gasteiger partial charge is 0.493 e. The van der Waals surface area contributed by atoms with E-state index in [9.17, 15) is 0 Å². The van der Waals surface area contributed by atoms with Gasteiger partial charge in [0.05, 0.1) is 37.2 Å². The summed E-state index contributed by atoms with van der Waals surface area (Å²) in [6.45, 7) is 0. The third-order valence-corrected chi connectivity index (χ3v) is 3.48. The molecule has 0 fully saturated rings. The van der Waals surface area contributed by atoms with Crippen molar-refractivity contribution in [2.24, 2.45) is 12.8 Å². The van der Waals surface area contributed by atoms with Crippen molar-refractivity contribution in [3.05, 3.63) is 40.7 Å². The SMILES string of the molecule is COc1ccc(CC(N)c2c(Cl)cnn2C)cc1OC. The number of nitrogens with two attached hydrogens (primary N) is 1. The minimum atomic E-state index is -0.229. The molecule has 1 heterocycles. The van der Waals surface area contributed by atoms with Gasteiger partial charge in [-0.25, -0.2) is 0 Å². The fourth-order valence-electron chi connectivity index (χ4n) is 2.20. The lowest BCUT2D eigenvalue weighted by Crippen LogP contribution is -2.17. The number of ether oxygens (including phenoxy) is 2. The van der Waals surface area contributed by atoms with Crippen LogP contribution in [-0.4, -0.2) is 24.0 Å². The van der Waals surface area contributed by atoms with Gasteiger partial charge < -0.3 is 15.2 Å². The zero-order valence-electron chi connectivity index (χ0n) is 11.8. The minimum absolute atomic E-state index is 0.229. The van der Waals surface area contributed by atoms with Gasteiger partial charge in [0.2, 0.25) is 0 Å². The average Bonchev–Trinajstić information content (AvgIpc) is 2.78. The molecular formula is C14H18ClN3O2. The molecule has 0 spiro atoms. The van der Waals surface area contributed by atoms with Crippen molar-refractivity contribution >= 4 is 11.6 Å². The quantitative estimate of drug-likeness (QED) is 0.919. The number of halogens is 1. The monoisotopic (exact) mass is 295 g/mol. The van der Waals surface area contributed by atoms with E-state index in [0.717, 1.165) is 11.3 Å². The molecule has 1 atom stereocenters. The van der Waals surface area contributed by atoms with E-state index < -0.39 is 0 Å². The van der Waals surface area contributed by atoms with Crippen molar-refractivity contribution < 1.29 is 9.47 Å². The van der Waals surface area contributed by atoms with Gasteiger partial charge in [-0.05, 0) is 24.1 Å². The van der Waals surface area contributed by atoms with E-state index in [1.54, 1.807) is 25.1 Å². The van der Waals surface area contributed by atoms with Crippen LogP contribution >= 0.6 is 11.6 Å². The summed E-state index contributed by atoms with van der Waals surface area (Å²) < 4.78 is 12.2. The van der Waals surface area contributed by atoms with Gasteiger partial charge in [0.15, 0.2) is 11.5 Å². The first-order valence-electron chi connectivity index (χ1n) is 6.20. The van der Waals surface area contributed by atoms with Crippen LogP contribution < -0.4 is 15.2 Å². The highest BCUT2D eigenvalue weighted by Crippen LogP contribution is 2.30. The summed E-state index contributed by atoms with van der Waals surface area (Å²) in [5.74, 6) is 1.39. The van der Waals surface area contributed by atoms with Crippen molar-refractivity contribution in [2.75, 3.05) is 14.2 Å². The topological polar surface area (TPSA) is 62.3 Å². The molecule has 1 aromatic heterocycles. The Morgan fingerprint density at radius 2 is 2.00 bits per heavy atom. The molecule has 0 saturated carbocycles. The Bertz CT molecular complexity index is 579. The first kappa shape index (κ1) is 14.7. The molecule has 1 aromatic carbocycles. The van der Waals surface area contributed by atoms with Gasteiger partial charge in [-0.2, -0.15) is 5.10 Å². The summed E-state index contributed by atoms with van der Waals surface area (Å²) in [5, 5.41) is 4.68. The second kappa shape index (κ2) is 6.15. The lowest BCUT2D eigenvalue weighted by molar-refractivity contribution is 0.354. The molecule has 20 heavy (non-hydrogen) atoms. The molecule has 0 aliphatic heterocycles. The molecule has 2 N–H and O–H groups in total. The molecule has 108 valence electrons. The van der Waals surface area contributed by atoms with Crippen LogP contribution in [0.4, 0.5) is 0 Å².